The number of para-hydroxylation sites is 1. The number of ether oxygens (including phenoxy) is 1. The molecule has 3 rings (SSSR count). The molecule has 5 heteroatoms. The third-order valence-corrected chi connectivity index (χ3v) is 3.91. The number of rotatable bonds is 5. The minimum Gasteiger partial charge on any atom is -0.485 e. The van der Waals surface area contributed by atoms with E-state index >= 15 is 0 Å². The number of hydrogen-bond acceptors (Lipinski definition) is 5. The molecular formula is C15H15N3OS. The van der Waals surface area contributed by atoms with Gasteiger partial charge in [-0.25, -0.2) is 4.98 Å². The average Bonchev–Trinajstić information content (AvgIpc) is 2.90. The molecule has 2 heterocycles. The number of aromatic nitrogens is 2. The third-order valence-electron chi connectivity index (χ3n) is 2.90. The molecule has 0 aliphatic rings. The second kappa shape index (κ2) is 5.98. The van der Waals surface area contributed by atoms with Crippen LogP contribution in [0.25, 0.3) is 10.2 Å². The second-order valence-electron chi connectivity index (χ2n) is 4.39. The first-order chi connectivity index (χ1) is 9.85. The Morgan fingerprint density at radius 3 is 2.80 bits per heavy atom. The number of fused-ring (bicyclic) bond motifs is 1. The van der Waals surface area contributed by atoms with Crippen LogP contribution in [0, 0.1) is 0 Å². The van der Waals surface area contributed by atoms with Crippen molar-refractivity contribution < 1.29 is 4.74 Å². The van der Waals surface area contributed by atoms with Gasteiger partial charge in [0.15, 0.2) is 0 Å². The van der Waals surface area contributed by atoms with E-state index in [0.29, 0.717) is 13.2 Å². The van der Waals surface area contributed by atoms with E-state index in [1.807, 2.05) is 30.3 Å². The fraction of sp³-hybridized carbons (Fsp3) is 0.200. The van der Waals surface area contributed by atoms with Crippen molar-refractivity contribution in [2.45, 2.75) is 13.0 Å². The smallest absolute Gasteiger partial charge is 0.140 e. The van der Waals surface area contributed by atoms with Crippen LogP contribution >= 0.6 is 11.3 Å². The lowest BCUT2D eigenvalue weighted by atomic mass is 10.3. The highest BCUT2D eigenvalue weighted by Crippen LogP contribution is 2.22. The summed E-state index contributed by atoms with van der Waals surface area (Å²) < 4.78 is 6.89. The predicted molar refractivity (Wildman–Crippen MR) is 80.9 cm³/mol. The molecule has 0 bridgehead atoms. The van der Waals surface area contributed by atoms with Gasteiger partial charge in [-0.05, 0) is 30.8 Å². The number of hydrogen-bond donors (Lipinski definition) is 1. The monoisotopic (exact) mass is 285 g/mol. The summed E-state index contributed by atoms with van der Waals surface area (Å²) in [5.74, 6) is 0.755. The third kappa shape index (κ3) is 2.95. The topological polar surface area (TPSA) is 61.0 Å². The highest BCUT2D eigenvalue weighted by molar-refractivity contribution is 7.18. The maximum absolute atomic E-state index is 5.71. The van der Waals surface area contributed by atoms with Gasteiger partial charge in [0.05, 0.1) is 16.4 Å². The van der Waals surface area contributed by atoms with Gasteiger partial charge in [0.25, 0.3) is 0 Å². The van der Waals surface area contributed by atoms with Crippen molar-refractivity contribution in [1.82, 2.24) is 9.97 Å². The highest BCUT2D eigenvalue weighted by atomic mass is 32.1. The molecule has 0 radical (unpaired) electrons. The molecule has 0 atom stereocenters. The van der Waals surface area contributed by atoms with Gasteiger partial charge in [-0.1, -0.05) is 12.1 Å². The summed E-state index contributed by atoms with van der Waals surface area (Å²) in [4.78, 5) is 8.83. The number of thiazole rings is 1. The zero-order valence-electron chi connectivity index (χ0n) is 11.0. The maximum atomic E-state index is 5.71. The first-order valence-corrected chi connectivity index (χ1v) is 7.29. The molecule has 0 saturated carbocycles. The summed E-state index contributed by atoms with van der Waals surface area (Å²) in [6.45, 7) is 1.08. The van der Waals surface area contributed by atoms with Crippen molar-refractivity contribution in [2.75, 3.05) is 6.54 Å². The van der Waals surface area contributed by atoms with Gasteiger partial charge >= 0.3 is 0 Å². The lowest BCUT2D eigenvalue weighted by Gasteiger charge is -2.04. The van der Waals surface area contributed by atoms with Gasteiger partial charge in [-0.3, -0.25) is 4.98 Å². The lowest BCUT2D eigenvalue weighted by molar-refractivity contribution is 0.304. The minimum absolute atomic E-state index is 0.470. The molecule has 0 aliphatic carbocycles. The predicted octanol–water partition coefficient (Wildman–Crippen LogP) is 2.77. The van der Waals surface area contributed by atoms with E-state index in [1.165, 1.54) is 4.70 Å². The molecule has 2 aromatic heterocycles. The number of benzene rings is 1. The molecule has 0 fully saturated rings. The van der Waals surface area contributed by atoms with E-state index in [9.17, 15) is 0 Å². The molecule has 0 aliphatic heterocycles. The van der Waals surface area contributed by atoms with Crippen LogP contribution in [-0.4, -0.2) is 16.5 Å². The minimum atomic E-state index is 0.470. The molecular weight excluding hydrogens is 270 g/mol. The Labute approximate surface area is 121 Å². The first kappa shape index (κ1) is 13.0. The van der Waals surface area contributed by atoms with Gasteiger partial charge in [0.1, 0.15) is 17.4 Å². The van der Waals surface area contributed by atoms with Crippen molar-refractivity contribution in [2.24, 2.45) is 5.73 Å². The van der Waals surface area contributed by atoms with E-state index in [0.717, 1.165) is 28.4 Å². The Bertz CT molecular complexity index is 661. The van der Waals surface area contributed by atoms with Gasteiger partial charge in [0, 0.05) is 12.1 Å². The average molecular weight is 285 g/mol. The second-order valence-corrected chi connectivity index (χ2v) is 5.50. The Morgan fingerprint density at radius 2 is 2.05 bits per heavy atom. The van der Waals surface area contributed by atoms with E-state index in [1.54, 1.807) is 17.5 Å². The van der Waals surface area contributed by atoms with Gasteiger partial charge in [-0.15, -0.1) is 11.3 Å². The quantitative estimate of drug-likeness (QED) is 0.783. The summed E-state index contributed by atoms with van der Waals surface area (Å²) in [6, 6.07) is 12.0. The van der Waals surface area contributed by atoms with E-state index in [2.05, 4.69) is 16.0 Å². The molecule has 0 unspecified atom stereocenters. The van der Waals surface area contributed by atoms with Crippen molar-refractivity contribution in [3.05, 3.63) is 53.3 Å². The number of nitrogens with two attached hydrogens (primary N) is 1. The molecule has 102 valence electrons. The molecule has 1 aromatic carbocycles. The van der Waals surface area contributed by atoms with Crippen LogP contribution in [0.3, 0.4) is 0 Å². The Kier molecular flexibility index (Phi) is 3.90. The summed E-state index contributed by atoms with van der Waals surface area (Å²) in [5.41, 5.74) is 7.50. The van der Waals surface area contributed by atoms with Crippen LogP contribution in [0.2, 0.25) is 0 Å². The van der Waals surface area contributed by atoms with Crippen LogP contribution in [0.4, 0.5) is 0 Å². The summed E-state index contributed by atoms with van der Waals surface area (Å²) in [7, 11) is 0. The summed E-state index contributed by atoms with van der Waals surface area (Å²) in [5, 5.41) is 0.970. The Morgan fingerprint density at radius 1 is 1.15 bits per heavy atom. The number of nitrogens with zero attached hydrogens (tertiary/aromatic N) is 2. The largest absolute Gasteiger partial charge is 0.485 e. The van der Waals surface area contributed by atoms with Crippen LogP contribution in [-0.2, 0) is 13.0 Å². The van der Waals surface area contributed by atoms with Crippen molar-refractivity contribution in [3.63, 3.8) is 0 Å². The maximum Gasteiger partial charge on any atom is 0.140 e. The molecule has 4 nitrogen and oxygen atoms in total. The zero-order chi connectivity index (χ0) is 13.8. The summed E-state index contributed by atoms with van der Waals surface area (Å²) in [6.07, 6.45) is 2.52. The van der Waals surface area contributed by atoms with E-state index in [-0.39, 0.29) is 0 Å². The zero-order valence-corrected chi connectivity index (χ0v) is 11.8. The SMILES string of the molecule is NCCc1ccc(OCc2nc3ccccc3s2)cn1. The van der Waals surface area contributed by atoms with Crippen LogP contribution in [0.1, 0.15) is 10.7 Å². The van der Waals surface area contributed by atoms with Crippen molar-refractivity contribution in [1.29, 1.82) is 0 Å². The molecule has 0 spiro atoms. The molecule has 0 saturated heterocycles. The fourth-order valence-electron chi connectivity index (χ4n) is 1.92. The lowest BCUT2D eigenvalue weighted by Crippen LogP contribution is -2.04. The standard InChI is InChI=1S/C15H15N3OS/c16-8-7-11-5-6-12(9-17-11)19-10-15-18-13-3-1-2-4-14(13)20-15/h1-6,9H,7-8,10,16H2. The first-order valence-electron chi connectivity index (χ1n) is 6.47. The number of pyridine rings is 1. The van der Waals surface area contributed by atoms with Crippen LogP contribution in [0.15, 0.2) is 42.6 Å². The normalized spacial score (nSPS) is 10.8. The van der Waals surface area contributed by atoms with Crippen molar-refractivity contribution >= 4 is 21.6 Å². The summed E-state index contributed by atoms with van der Waals surface area (Å²) >= 11 is 1.65. The molecule has 2 N–H and O–H groups in total. The van der Waals surface area contributed by atoms with E-state index in [4.69, 9.17) is 10.5 Å². The molecule has 3 aromatic rings. The van der Waals surface area contributed by atoms with Crippen molar-refractivity contribution in [3.8, 4) is 5.75 Å². The molecule has 20 heavy (non-hydrogen) atoms. The fourth-order valence-corrected chi connectivity index (χ4v) is 2.80. The van der Waals surface area contributed by atoms with Gasteiger partial charge in [0.2, 0.25) is 0 Å². The Hall–Kier alpha value is -1.98. The molecule has 0 amide bonds. The Balaban J connectivity index is 1.66. The highest BCUT2D eigenvalue weighted by Gasteiger charge is 2.04. The van der Waals surface area contributed by atoms with Crippen LogP contribution in [0.5, 0.6) is 5.75 Å². The van der Waals surface area contributed by atoms with Gasteiger partial charge < -0.3 is 10.5 Å². The van der Waals surface area contributed by atoms with Crippen LogP contribution < -0.4 is 10.5 Å². The van der Waals surface area contributed by atoms with E-state index < -0.39 is 0 Å². The van der Waals surface area contributed by atoms with Gasteiger partial charge in [-0.2, -0.15) is 0 Å².